The number of anilines is 2. The first kappa shape index (κ1) is 18.0. The molecule has 0 radical (unpaired) electrons. The van der Waals surface area contributed by atoms with E-state index in [9.17, 15) is 14.9 Å². The molecule has 0 fully saturated rings. The Morgan fingerprint density at radius 1 is 1.31 bits per heavy atom. The van der Waals surface area contributed by atoms with Crippen molar-refractivity contribution in [3.05, 3.63) is 62.7 Å². The molecule has 1 unspecified atom stereocenters. The number of hydrogen-bond donors (Lipinski definition) is 2. The van der Waals surface area contributed by atoms with Crippen LogP contribution in [0.4, 0.5) is 17.1 Å². The maximum Gasteiger partial charge on any atom is 0.292 e. The first-order valence-electron chi connectivity index (χ1n) is 8.29. The summed E-state index contributed by atoms with van der Waals surface area (Å²) in [6.07, 6.45) is 0.266. The van der Waals surface area contributed by atoms with Crippen molar-refractivity contribution < 1.29 is 9.72 Å². The van der Waals surface area contributed by atoms with E-state index in [1.165, 1.54) is 6.07 Å². The number of nitrogens with one attached hydrogen (secondary N) is 2. The third kappa shape index (κ3) is 3.17. The minimum absolute atomic E-state index is 0.0346. The van der Waals surface area contributed by atoms with Gasteiger partial charge in [0, 0.05) is 30.2 Å². The van der Waals surface area contributed by atoms with Gasteiger partial charge in [-0.1, -0.05) is 24.6 Å². The Bertz CT molecular complexity index is 872. The van der Waals surface area contributed by atoms with E-state index < -0.39 is 11.1 Å². The summed E-state index contributed by atoms with van der Waals surface area (Å²) in [5.74, 6) is -0.123. The first-order valence-corrected chi connectivity index (χ1v) is 8.67. The third-order valence-electron chi connectivity index (χ3n) is 4.34. The average Bonchev–Trinajstić information content (AvgIpc) is 2.63. The smallest absolute Gasteiger partial charge is 0.292 e. The minimum Gasteiger partial charge on any atom is -0.383 e. The van der Waals surface area contributed by atoms with Gasteiger partial charge in [-0.25, -0.2) is 0 Å². The number of carbonyl (C=O) groups excluding carboxylic acids is 1. The molecule has 1 aliphatic rings. The van der Waals surface area contributed by atoms with Gasteiger partial charge in [0.25, 0.3) is 11.6 Å². The Labute approximate surface area is 156 Å². The SMILES string of the molecule is CCCN1C(=O)c2ccc(Cl)cc2NC1c1ccc(NC)c([N+](=O)[O-])c1. The van der Waals surface area contributed by atoms with Gasteiger partial charge in [0.1, 0.15) is 11.9 Å². The topological polar surface area (TPSA) is 87.5 Å². The molecule has 0 aliphatic carbocycles. The van der Waals surface area contributed by atoms with Crippen LogP contribution in [-0.4, -0.2) is 29.3 Å². The average molecular weight is 375 g/mol. The van der Waals surface area contributed by atoms with Gasteiger partial charge in [-0.2, -0.15) is 0 Å². The van der Waals surface area contributed by atoms with E-state index >= 15 is 0 Å². The summed E-state index contributed by atoms with van der Waals surface area (Å²) in [6, 6.07) is 9.99. The number of benzene rings is 2. The first-order chi connectivity index (χ1) is 12.5. The molecule has 0 saturated carbocycles. The molecule has 0 spiro atoms. The Hall–Kier alpha value is -2.80. The van der Waals surface area contributed by atoms with E-state index in [0.29, 0.717) is 34.1 Å². The molecule has 1 aliphatic heterocycles. The molecule has 0 bridgehead atoms. The van der Waals surface area contributed by atoms with Crippen molar-refractivity contribution in [3.8, 4) is 0 Å². The van der Waals surface area contributed by atoms with Crippen LogP contribution in [0.5, 0.6) is 0 Å². The largest absolute Gasteiger partial charge is 0.383 e. The van der Waals surface area contributed by atoms with Crippen molar-refractivity contribution in [2.45, 2.75) is 19.5 Å². The molecule has 0 saturated heterocycles. The molecule has 7 nitrogen and oxygen atoms in total. The summed E-state index contributed by atoms with van der Waals surface area (Å²) in [4.78, 5) is 25.6. The molecule has 3 rings (SSSR count). The van der Waals surface area contributed by atoms with E-state index in [0.717, 1.165) is 6.42 Å². The zero-order chi connectivity index (χ0) is 18.8. The second-order valence-electron chi connectivity index (χ2n) is 6.02. The molecule has 1 atom stereocenters. The van der Waals surface area contributed by atoms with Crippen LogP contribution in [0.3, 0.4) is 0 Å². The van der Waals surface area contributed by atoms with Crippen LogP contribution >= 0.6 is 11.6 Å². The van der Waals surface area contributed by atoms with Gasteiger partial charge in [0.15, 0.2) is 0 Å². The minimum atomic E-state index is -0.502. The van der Waals surface area contributed by atoms with E-state index in [2.05, 4.69) is 10.6 Å². The van der Waals surface area contributed by atoms with Crippen molar-refractivity contribution in [2.24, 2.45) is 0 Å². The van der Waals surface area contributed by atoms with Crippen LogP contribution < -0.4 is 10.6 Å². The van der Waals surface area contributed by atoms with Gasteiger partial charge in [0.05, 0.1) is 16.2 Å². The predicted octanol–water partition coefficient (Wildman–Crippen LogP) is 4.27. The fourth-order valence-corrected chi connectivity index (χ4v) is 3.31. The molecule has 2 aromatic rings. The van der Waals surface area contributed by atoms with E-state index in [4.69, 9.17) is 11.6 Å². The van der Waals surface area contributed by atoms with Crippen LogP contribution in [-0.2, 0) is 0 Å². The number of fused-ring (bicyclic) bond motifs is 1. The Morgan fingerprint density at radius 2 is 2.08 bits per heavy atom. The van der Waals surface area contributed by atoms with Crippen molar-refractivity contribution in [2.75, 3.05) is 24.2 Å². The van der Waals surface area contributed by atoms with Gasteiger partial charge in [0.2, 0.25) is 0 Å². The molecule has 2 N–H and O–H groups in total. The van der Waals surface area contributed by atoms with Gasteiger partial charge in [-0.15, -0.1) is 0 Å². The lowest BCUT2D eigenvalue weighted by Crippen LogP contribution is -2.43. The fourth-order valence-electron chi connectivity index (χ4n) is 3.14. The number of rotatable bonds is 5. The molecule has 1 heterocycles. The number of nitro groups is 1. The van der Waals surface area contributed by atoms with Gasteiger partial charge in [-0.05, 0) is 30.7 Å². The van der Waals surface area contributed by atoms with E-state index in [1.54, 1.807) is 42.3 Å². The quantitative estimate of drug-likeness (QED) is 0.602. The van der Waals surface area contributed by atoms with Crippen LogP contribution in [0.2, 0.25) is 5.02 Å². The second-order valence-corrected chi connectivity index (χ2v) is 6.46. The standard InChI is InChI=1S/C18H19ClN4O3/c1-3-8-22-17(11-4-7-14(20-2)16(9-11)23(25)26)21-15-10-12(19)5-6-13(15)18(22)24/h4-7,9-10,17,20-21H,3,8H2,1-2H3. The molecule has 26 heavy (non-hydrogen) atoms. The van der Waals surface area contributed by atoms with Crippen LogP contribution in [0.1, 0.15) is 35.4 Å². The van der Waals surface area contributed by atoms with Crippen molar-refractivity contribution >= 4 is 34.6 Å². The third-order valence-corrected chi connectivity index (χ3v) is 4.58. The maximum atomic E-state index is 12.9. The summed E-state index contributed by atoms with van der Waals surface area (Å²) in [5, 5.41) is 18.0. The lowest BCUT2D eigenvalue weighted by atomic mass is 10.0. The lowest BCUT2D eigenvalue weighted by molar-refractivity contribution is -0.384. The molecular formula is C18H19ClN4O3. The Kier molecular flexibility index (Phi) is 4.99. The zero-order valence-electron chi connectivity index (χ0n) is 14.5. The van der Waals surface area contributed by atoms with E-state index in [1.807, 2.05) is 6.92 Å². The highest BCUT2D eigenvalue weighted by molar-refractivity contribution is 6.31. The second kappa shape index (κ2) is 7.21. The Balaban J connectivity index is 2.09. The van der Waals surface area contributed by atoms with E-state index in [-0.39, 0.29) is 11.6 Å². The number of nitro benzene ring substituents is 1. The summed E-state index contributed by atoms with van der Waals surface area (Å²) in [6.45, 7) is 2.51. The Morgan fingerprint density at radius 3 is 2.73 bits per heavy atom. The zero-order valence-corrected chi connectivity index (χ0v) is 15.2. The molecular weight excluding hydrogens is 356 g/mol. The number of carbonyl (C=O) groups is 1. The lowest BCUT2D eigenvalue weighted by Gasteiger charge is -2.38. The number of nitrogens with zero attached hydrogens (tertiary/aromatic N) is 2. The summed E-state index contributed by atoms with van der Waals surface area (Å²) < 4.78 is 0. The molecule has 0 aromatic heterocycles. The monoisotopic (exact) mass is 374 g/mol. The number of amides is 1. The van der Waals surface area contributed by atoms with Crippen molar-refractivity contribution in [1.29, 1.82) is 0 Å². The summed E-state index contributed by atoms with van der Waals surface area (Å²) in [7, 11) is 1.63. The summed E-state index contributed by atoms with van der Waals surface area (Å²) >= 11 is 6.06. The highest BCUT2D eigenvalue weighted by atomic mass is 35.5. The molecule has 136 valence electrons. The fraction of sp³-hybridized carbons (Fsp3) is 0.278. The number of halogens is 1. The van der Waals surface area contributed by atoms with Crippen molar-refractivity contribution in [3.63, 3.8) is 0 Å². The van der Waals surface area contributed by atoms with Crippen LogP contribution in [0.15, 0.2) is 36.4 Å². The summed E-state index contributed by atoms with van der Waals surface area (Å²) in [5.41, 5.74) is 2.20. The van der Waals surface area contributed by atoms with Gasteiger partial charge in [-0.3, -0.25) is 14.9 Å². The van der Waals surface area contributed by atoms with Gasteiger partial charge >= 0.3 is 0 Å². The highest BCUT2D eigenvalue weighted by Gasteiger charge is 2.33. The van der Waals surface area contributed by atoms with Crippen LogP contribution in [0.25, 0.3) is 0 Å². The molecule has 2 aromatic carbocycles. The normalized spacial score (nSPS) is 16.0. The number of hydrogen-bond acceptors (Lipinski definition) is 5. The van der Waals surface area contributed by atoms with Gasteiger partial charge < -0.3 is 15.5 Å². The molecule has 1 amide bonds. The van der Waals surface area contributed by atoms with Crippen molar-refractivity contribution in [1.82, 2.24) is 4.90 Å². The highest BCUT2D eigenvalue weighted by Crippen LogP contribution is 2.37. The predicted molar refractivity (Wildman–Crippen MR) is 102 cm³/mol. The molecule has 8 heteroatoms. The van der Waals surface area contributed by atoms with Crippen LogP contribution in [0, 0.1) is 10.1 Å². The maximum absolute atomic E-state index is 12.9.